The summed E-state index contributed by atoms with van der Waals surface area (Å²) in [6.45, 7) is 5.69. The first-order valence-electron chi connectivity index (χ1n) is 19.0. The molecule has 0 aromatic heterocycles. The van der Waals surface area contributed by atoms with Crippen LogP contribution >= 0.6 is 7.82 Å². The molecule has 0 aliphatic carbocycles. The molecule has 0 radical (unpaired) electrons. The van der Waals surface area contributed by atoms with Crippen LogP contribution in [0.3, 0.4) is 0 Å². The van der Waals surface area contributed by atoms with Gasteiger partial charge in [-0.1, -0.05) is 152 Å². The number of carbonyl (C=O) groups is 2. The molecule has 1 unspecified atom stereocenters. The van der Waals surface area contributed by atoms with Gasteiger partial charge < -0.3 is 24.4 Å². The molecule has 9 nitrogen and oxygen atoms in total. The fourth-order valence-electron chi connectivity index (χ4n) is 5.00. The number of hydrogen-bond donors (Lipinski definition) is 3. The quantitative estimate of drug-likeness (QED) is 0.0198. The molecule has 0 amide bonds. The van der Waals surface area contributed by atoms with Gasteiger partial charge in [0, 0.05) is 12.8 Å². The zero-order valence-corrected chi connectivity index (χ0v) is 32.2. The standard InChI is InChI=1S/C40H69O9P/c1-4-5-6-7-8-9-10-11-14-17-20-23-26-30-37(41)31-28-33-39(42)47-34-38(35-48-50(44,45)46)49-40(43)32-27-24-21-18-15-12-13-16-19-22-25-29-36(2)3/h5-6,8-9,11,14,20,23,26,30,36-38,41H,4,7,10,12-13,15-19,21-22,24-25,27-29,31-35H2,1-3H3,(H2,44,45,46)/b6-5-,9-8-,14-11-,23-20-,30-26+/t37?,38-/m1/s1. The molecule has 2 atom stereocenters. The lowest BCUT2D eigenvalue weighted by molar-refractivity contribution is -0.161. The SMILES string of the molecule is CC/C=C\C/C=C\C/C=C\C/C=C\C=C\C(O)CCCC(=O)OC[C@H](COP(=O)(O)O)OC(=O)CCCCCCCCCCCCCC(C)C. The van der Waals surface area contributed by atoms with Crippen LogP contribution in [0.4, 0.5) is 0 Å². The Morgan fingerprint density at radius 3 is 1.72 bits per heavy atom. The summed E-state index contributed by atoms with van der Waals surface area (Å²) in [4.78, 5) is 42.7. The lowest BCUT2D eigenvalue weighted by Crippen LogP contribution is -2.29. The summed E-state index contributed by atoms with van der Waals surface area (Å²) in [5.74, 6) is -0.298. The average molecular weight is 725 g/mol. The number of rotatable bonds is 33. The molecule has 288 valence electrons. The fraction of sp³-hybridized carbons (Fsp3) is 0.700. The van der Waals surface area contributed by atoms with Gasteiger partial charge >= 0.3 is 19.8 Å². The van der Waals surface area contributed by atoms with E-state index in [-0.39, 0.29) is 19.4 Å². The molecule has 3 N–H and O–H groups in total. The van der Waals surface area contributed by atoms with Crippen molar-refractivity contribution >= 4 is 19.8 Å². The monoisotopic (exact) mass is 724 g/mol. The average Bonchev–Trinajstić information content (AvgIpc) is 3.06. The molecule has 0 aliphatic rings. The van der Waals surface area contributed by atoms with Crippen molar-refractivity contribution in [2.75, 3.05) is 13.2 Å². The second-order valence-electron chi connectivity index (χ2n) is 13.2. The maximum Gasteiger partial charge on any atom is 0.469 e. The molecular weight excluding hydrogens is 655 g/mol. The highest BCUT2D eigenvalue weighted by Gasteiger charge is 2.23. The molecule has 0 spiro atoms. The second kappa shape index (κ2) is 33.8. The molecule has 0 rings (SSSR count). The summed E-state index contributed by atoms with van der Waals surface area (Å²) in [5, 5.41) is 10.2. The molecule has 0 aromatic rings. The van der Waals surface area contributed by atoms with Gasteiger partial charge in [0.2, 0.25) is 0 Å². The van der Waals surface area contributed by atoms with Gasteiger partial charge in [-0.25, -0.2) is 4.57 Å². The number of unbranched alkanes of at least 4 members (excludes halogenated alkanes) is 10. The number of allylic oxidation sites excluding steroid dienone is 9. The van der Waals surface area contributed by atoms with Gasteiger partial charge in [-0.05, 0) is 50.9 Å². The largest absolute Gasteiger partial charge is 0.469 e. The molecule has 0 bridgehead atoms. The minimum atomic E-state index is -4.80. The number of ether oxygens (including phenoxy) is 2. The van der Waals surface area contributed by atoms with E-state index in [9.17, 15) is 19.3 Å². The molecule has 0 saturated heterocycles. The van der Waals surface area contributed by atoms with E-state index in [2.05, 4.69) is 61.8 Å². The lowest BCUT2D eigenvalue weighted by Gasteiger charge is -2.18. The van der Waals surface area contributed by atoms with Crippen LogP contribution in [0.1, 0.15) is 149 Å². The third kappa shape index (κ3) is 37.0. The first kappa shape index (κ1) is 47.7. The van der Waals surface area contributed by atoms with E-state index in [0.29, 0.717) is 19.3 Å². The Morgan fingerprint density at radius 1 is 0.640 bits per heavy atom. The second-order valence-corrected chi connectivity index (χ2v) is 14.4. The summed E-state index contributed by atoms with van der Waals surface area (Å²) >= 11 is 0. The van der Waals surface area contributed by atoms with Gasteiger partial charge in [0.15, 0.2) is 6.10 Å². The predicted molar refractivity (Wildman–Crippen MR) is 203 cm³/mol. The van der Waals surface area contributed by atoms with Crippen LogP contribution in [-0.4, -0.2) is 52.3 Å². The molecule has 10 heteroatoms. The van der Waals surface area contributed by atoms with Gasteiger partial charge in [-0.15, -0.1) is 0 Å². The van der Waals surface area contributed by atoms with Crippen LogP contribution in [0.25, 0.3) is 0 Å². The van der Waals surface area contributed by atoms with Gasteiger partial charge in [-0.2, -0.15) is 0 Å². The highest BCUT2D eigenvalue weighted by molar-refractivity contribution is 7.46. The Bertz CT molecular complexity index is 1030. The van der Waals surface area contributed by atoms with E-state index in [4.69, 9.17) is 19.3 Å². The number of hydrogen-bond acceptors (Lipinski definition) is 7. The van der Waals surface area contributed by atoms with Crippen molar-refractivity contribution in [2.24, 2.45) is 5.92 Å². The topological polar surface area (TPSA) is 140 Å². The van der Waals surface area contributed by atoms with Crippen molar-refractivity contribution < 1.29 is 43.0 Å². The Hall–Kier alpha value is -2.29. The van der Waals surface area contributed by atoms with Gasteiger partial charge in [0.1, 0.15) is 6.61 Å². The molecular formula is C40H69O9P. The normalized spacial score (nSPS) is 13.9. The highest BCUT2D eigenvalue weighted by atomic mass is 31.2. The predicted octanol–water partition coefficient (Wildman–Crippen LogP) is 10.2. The number of esters is 2. The number of aliphatic hydroxyl groups excluding tert-OH is 1. The zero-order valence-electron chi connectivity index (χ0n) is 31.3. The number of carbonyl (C=O) groups excluding carboxylic acids is 2. The van der Waals surface area contributed by atoms with E-state index in [1.165, 1.54) is 51.4 Å². The smallest absolute Gasteiger partial charge is 0.462 e. The summed E-state index contributed by atoms with van der Waals surface area (Å²) in [5.41, 5.74) is 0. The minimum Gasteiger partial charge on any atom is -0.462 e. The first-order valence-corrected chi connectivity index (χ1v) is 20.6. The molecule has 0 aliphatic heterocycles. The molecule has 50 heavy (non-hydrogen) atoms. The van der Waals surface area contributed by atoms with E-state index in [0.717, 1.165) is 50.9 Å². The third-order valence-corrected chi connectivity index (χ3v) is 8.32. The van der Waals surface area contributed by atoms with Crippen molar-refractivity contribution in [2.45, 2.75) is 161 Å². The van der Waals surface area contributed by atoms with Gasteiger partial charge in [0.25, 0.3) is 0 Å². The van der Waals surface area contributed by atoms with E-state index >= 15 is 0 Å². The van der Waals surface area contributed by atoms with Crippen molar-refractivity contribution in [1.29, 1.82) is 0 Å². The van der Waals surface area contributed by atoms with Crippen LogP contribution < -0.4 is 0 Å². The van der Waals surface area contributed by atoms with Crippen molar-refractivity contribution in [3.8, 4) is 0 Å². The van der Waals surface area contributed by atoms with Crippen LogP contribution in [0.5, 0.6) is 0 Å². The third-order valence-electron chi connectivity index (χ3n) is 7.83. The van der Waals surface area contributed by atoms with Crippen molar-refractivity contribution in [3.05, 3.63) is 60.8 Å². The molecule has 0 aromatic carbocycles. The number of phosphoric acid groups is 1. The Kier molecular flexibility index (Phi) is 32.3. The van der Waals surface area contributed by atoms with E-state index in [1.807, 2.05) is 12.2 Å². The fourth-order valence-corrected chi connectivity index (χ4v) is 5.36. The lowest BCUT2D eigenvalue weighted by atomic mass is 10.0. The zero-order chi connectivity index (χ0) is 37.1. The minimum absolute atomic E-state index is 0.0349. The Morgan fingerprint density at radius 2 is 1.16 bits per heavy atom. The Labute approximate surface area is 303 Å². The summed E-state index contributed by atoms with van der Waals surface area (Å²) in [7, 11) is -4.80. The van der Waals surface area contributed by atoms with Crippen LogP contribution in [0, 0.1) is 5.92 Å². The van der Waals surface area contributed by atoms with Crippen molar-refractivity contribution in [1.82, 2.24) is 0 Å². The highest BCUT2D eigenvalue weighted by Crippen LogP contribution is 2.36. The van der Waals surface area contributed by atoms with E-state index in [1.54, 1.807) is 12.2 Å². The summed E-state index contributed by atoms with van der Waals surface area (Å²) in [6, 6.07) is 0. The summed E-state index contributed by atoms with van der Waals surface area (Å²) < 4.78 is 26.2. The van der Waals surface area contributed by atoms with Crippen molar-refractivity contribution in [3.63, 3.8) is 0 Å². The van der Waals surface area contributed by atoms with Gasteiger partial charge in [-0.3, -0.25) is 14.1 Å². The summed E-state index contributed by atoms with van der Waals surface area (Å²) in [6.07, 6.45) is 37.0. The number of phosphoric ester groups is 1. The maximum absolute atomic E-state index is 12.4. The maximum atomic E-state index is 12.4. The molecule has 0 saturated carbocycles. The van der Waals surface area contributed by atoms with Crippen LogP contribution in [0.2, 0.25) is 0 Å². The van der Waals surface area contributed by atoms with Crippen LogP contribution in [0.15, 0.2) is 60.8 Å². The Balaban J connectivity index is 4.18. The number of aliphatic hydroxyl groups is 1. The first-order chi connectivity index (χ1) is 24.0. The van der Waals surface area contributed by atoms with Gasteiger partial charge in [0.05, 0.1) is 12.7 Å². The van der Waals surface area contributed by atoms with Crippen LogP contribution in [-0.2, 0) is 28.2 Å². The van der Waals surface area contributed by atoms with E-state index < -0.39 is 38.6 Å². The molecule has 0 fully saturated rings. The molecule has 0 heterocycles.